The van der Waals surface area contributed by atoms with Gasteiger partial charge in [0.15, 0.2) is 0 Å². The number of likely N-dealkylation sites (N-methyl/N-ethyl adjacent to an activating group) is 1. The van der Waals surface area contributed by atoms with E-state index in [9.17, 15) is 0 Å². The van der Waals surface area contributed by atoms with Crippen molar-refractivity contribution in [2.75, 3.05) is 31.1 Å². The van der Waals surface area contributed by atoms with Gasteiger partial charge in [-0.2, -0.15) is 0 Å². The van der Waals surface area contributed by atoms with Crippen molar-refractivity contribution in [3.8, 4) is 12.3 Å². The summed E-state index contributed by atoms with van der Waals surface area (Å²) in [6, 6.07) is 15.0. The van der Waals surface area contributed by atoms with Gasteiger partial charge in [0.05, 0.1) is 6.54 Å². The van der Waals surface area contributed by atoms with Crippen LogP contribution >= 0.6 is 0 Å². The molecule has 0 saturated carbocycles. The lowest BCUT2D eigenvalue weighted by molar-refractivity contribution is 0.714. The SMILES string of the molecule is C#CCNCCN(CC)c1cccc2ccccc12. The standard InChI is InChI=1S/C17H20N2/c1-3-12-18-13-14-19(4-2)17-11-7-9-15-8-5-6-10-16(15)17/h1,5-11,18H,4,12-14H2,2H3. The molecule has 0 aliphatic carbocycles. The first kappa shape index (κ1) is 13.5. The zero-order valence-electron chi connectivity index (χ0n) is 11.4. The summed E-state index contributed by atoms with van der Waals surface area (Å²) in [6.07, 6.45) is 5.24. The number of benzene rings is 2. The summed E-state index contributed by atoms with van der Waals surface area (Å²) >= 11 is 0. The Balaban J connectivity index is 2.18. The minimum absolute atomic E-state index is 0.632. The Hall–Kier alpha value is -1.98. The van der Waals surface area contributed by atoms with Gasteiger partial charge in [-0.25, -0.2) is 0 Å². The van der Waals surface area contributed by atoms with Crippen LogP contribution in [-0.2, 0) is 0 Å². The van der Waals surface area contributed by atoms with Gasteiger partial charge >= 0.3 is 0 Å². The molecule has 1 N–H and O–H groups in total. The molecule has 0 saturated heterocycles. The van der Waals surface area contributed by atoms with Crippen LogP contribution in [0.1, 0.15) is 6.92 Å². The van der Waals surface area contributed by atoms with Gasteiger partial charge in [0.25, 0.3) is 0 Å². The van der Waals surface area contributed by atoms with E-state index in [0.717, 1.165) is 19.6 Å². The summed E-state index contributed by atoms with van der Waals surface area (Å²) in [7, 11) is 0. The van der Waals surface area contributed by atoms with Crippen LogP contribution < -0.4 is 10.2 Å². The van der Waals surface area contributed by atoms with Gasteiger partial charge in [-0.1, -0.05) is 42.3 Å². The molecule has 0 fully saturated rings. The fourth-order valence-electron chi connectivity index (χ4n) is 2.31. The average Bonchev–Trinajstić information content (AvgIpc) is 2.47. The van der Waals surface area contributed by atoms with E-state index in [1.807, 2.05) is 0 Å². The number of hydrogen-bond donors (Lipinski definition) is 1. The van der Waals surface area contributed by atoms with Gasteiger partial charge in [-0.05, 0) is 18.4 Å². The second-order valence-electron chi connectivity index (χ2n) is 4.46. The highest BCUT2D eigenvalue weighted by Crippen LogP contribution is 2.26. The minimum atomic E-state index is 0.632. The molecule has 2 nitrogen and oxygen atoms in total. The molecular weight excluding hydrogens is 232 g/mol. The lowest BCUT2D eigenvalue weighted by atomic mass is 10.1. The van der Waals surface area contributed by atoms with Crippen molar-refractivity contribution in [1.82, 2.24) is 5.32 Å². The van der Waals surface area contributed by atoms with Gasteiger partial charge in [0, 0.05) is 30.7 Å². The maximum absolute atomic E-state index is 5.24. The smallest absolute Gasteiger partial charge is 0.0574 e. The molecule has 0 heterocycles. The lowest BCUT2D eigenvalue weighted by Crippen LogP contribution is -2.32. The first-order valence-electron chi connectivity index (χ1n) is 6.73. The number of nitrogens with zero attached hydrogens (tertiary/aromatic N) is 1. The normalized spacial score (nSPS) is 10.3. The van der Waals surface area contributed by atoms with Crippen LogP contribution in [0.2, 0.25) is 0 Å². The van der Waals surface area contributed by atoms with Gasteiger partial charge in [0.2, 0.25) is 0 Å². The van der Waals surface area contributed by atoms with Crippen molar-refractivity contribution in [3.05, 3.63) is 42.5 Å². The van der Waals surface area contributed by atoms with E-state index in [-0.39, 0.29) is 0 Å². The molecule has 2 aromatic rings. The Bertz CT molecular complexity index is 563. The predicted molar refractivity (Wildman–Crippen MR) is 83.5 cm³/mol. The molecule has 2 rings (SSSR count). The summed E-state index contributed by atoms with van der Waals surface area (Å²) in [5.41, 5.74) is 1.29. The van der Waals surface area contributed by atoms with Crippen LogP contribution in [0.4, 0.5) is 5.69 Å². The highest BCUT2D eigenvalue weighted by Gasteiger charge is 2.07. The number of hydrogen-bond acceptors (Lipinski definition) is 2. The maximum atomic E-state index is 5.24. The molecule has 98 valence electrons. The van der Waals surface area contributed by atoms with E-state index in [1.54, 1.807) is 0 Å². The molecule has 0 atom stereocenters. The summed E-state index contributed by atoms with van der Waals surface area (Å²) in [5.74, 6) is 2.60. The van der Waals surface area contributed by atoms with Crippen molar-refractivity contribution in [3.63, 3.8) is 0 Å². The molecule has 0 aliphatic heterocycles. The van der Waals surface area contributed by atoms with Crippen molar-refractivity contribution >= 4 is 16.5 Å². The highest BCUT2D eigenvalue weighted by atomic mass is 15.1. The number of anilines is 1. The predicted octanol–water partition coefficient (Wildman–Crippen LogP) is 2.89. The molecule has 0 bridgehead atoms. The molecular formula is C17H20N2. The van der Waals surface area contributed by atoms with Crippen LogP contribution in [0.3, 0.4) is 0 Å². The van der Waals surface area contributed by atoms with Gasteiger partial charge in [0.1, 0.15) is 0 Å². The van der Waals surface area contributed by atoms with Gasteiger partial charge in [-0.15, -0.1) is 6.42 Å². The zero-order chi connectivity index (χ0) is 13.5. The highest BCUT2D eigenvalue weighted by molar-refractivity contribution is 5.94. The molecule has 19 heavy (non-hydrogen) atoms. The third-order valence-electron chi connectivity index (χ3n) is 3.27. The minimum Gasteiger partial charge on any atom is -0.370 e. The van der Waals surface area contributed by atoms with Crippen molar-refractivity contribution in [1.29, 1.82) is 0 Å². The Morgan fingerprint density at radius 2 is 1.95 bits per heavy atom. The third kappa shape index (κ3) is 3.27. The summed E-state index contributed by atoms with van der Waals surface area (Å²) in [5, 5.41) is 5.84. The van der Waals surface area contributed by atoms with Gasteiger partial charge < -0.3 is 10.2 Å². The number of terminal acetylenes is 1. The van der Waals surface area contributed by atoms with Crippen LogP contribution in [0, 0.1) is 12.3 Å². The number of rotatable bonds is 6. The van der Waals surface area contributed by atoms with Crippen molar-refractivity contribution in [2.24, 2.45) is 0 Å². The Kier molecular flexibility index (Phi) is 4.83. The lowest BCUT2D eigenvalue weighted by Gasteiger charge is -2.24. The quantitative estimate of drug-likeness (QED) is 0.628. The van der Waals surface area contributed by atoms with Gasteiger partial charge in [-0.3, -0.25) is 0 Å². The first-order valence-corrected chi connectivity index (χ1v) is 6.73. The van der Waals surface area contributed by atoms with E-state index in [2.05, 4.69) is 65.5 Å². The fourth-order valence-corrected chi connectivity index (χ4v) is 2.31. The zero-order valence-corrected chi connectivity index (χ0v) is 11.4. The Morgan fingerprint density at radius 3 is 2.74 bits per heavy atom. The van der Waals surface area contributed by atoms with Crippen LogP contribution in [0.5, 0.6) is 0 Å². The number of fused-ring (bicyclic) bond motifs is 1. The second kappa shape index (κ2) is 6.82. The van der Waals surface area contributed by atoms with E-state index >= 15 is 0 Å². The molecule has 0 amide bonds. The van der Waals surface area contributed by atoms with E-state index in [1.165, 1.54) is 16.5 Å². The maximum Gasteiger partial charge on any atom is 0.0574 e. The van der Waals surface area contributed by atoms with Crippen LogP contribution in [0.15, 0.2) is 42.5 Å². The first-order chi connectivity index (χ1) is 9.36. The van der Waals surface area contributed by atoms with Crippen LogP contribution in [0.25, 0.3) is 10.8 Å². The molecule has 0 spiro atoms. The average molecular weight is 252 g/mol. The molecule has 2 aromatic carbocycles. The van der Waals surface area contributed by atoms with E-state index in [4.69, 9.17) is 6.42 Å². The molecule has 2 heteroatoms. The fraction of sp³-hybridized carbons (Fsp3) is 0.294. The third-order valence-corrected chi connectivity index (χ3v) is 3.27. The molecule has 0 aromatic heterocycles. The topological polar surface area (TPSA) is 15.3 Å². The van der Waals surface area contributed by atoms with E-state index < -0.39 is 0 Å². The largest absolute Gasteiger partial charge is 0.370 e. The summed E-state index contributed by atoms with van der Waals surface area (Å²) < 4.78 is 0. The van der Waals surface area contributed by atoms with Crippen molar-refractivity contribution < 1.29 is 0 Å². The number of nitrogens with one attached hydrogen (secondary N) is 1. The molecule has 0 aliphatic rings. The molecule has 0 radical (unpaired) electrons. The Morgan fingerprint density at radius 1 is 1.16 bits per heavy atom. The second-order valence-corrected chi connectivity index (χ2v) is 4.46. The van der Waals surface area contributed by atoms with Crippen molar-refractivity contribution in [2.45, 2.75) is 6.92 Å². The monoisotopic (exact) mass is 252 g/mol. The Labute approximate surface area is 115 Å². The summed E-state index contributed by atoms with van der Waals surface area (Å²) in [4.78, 5) is 2.38. The summed E-state index contributed by atoms with van der Waals surface area (Å²) in [6.45, 7) is 5.68. The van der Waals surface area contributed by atoms with Crippen LogP contribution in [-0.4, -0.2) is 26.2 Å². The molecule has 0 unspecified atom stereocenters. The van der Waals surface area contributed by atoms with E-state index in [0.29, 0.717) is 6.54 Å².